The molecule has 1 aromatic carbocycles. The van der Waals surface area contributed by atoms with Crippen molar-refractivity contribution in [3.8, 4) is 11.8 Å². The van der Waals surface area contributed by atoms with E-state index in [2.05, 4.69) is 61.2 Å². The maximum absolute atomic E-state index is 12.2. The van der Waals surface area contributed by atoms with E-state index in [1.807, 2.05) is 6.92 Å². The number of Topliss-reactive ketones (excluding diaryl/α,β-unsaturated/α-hetero) is 1. The fourth-order valence-corrected chi connectivity index (χ4v) is 6.90. The summed E-state index contributed by atoms with van der Waals surface area (Å²) in [5.41, 5.74) is 6.02. The lowest BCUT2D eigenvalue weighted by molar-refractivity contribution is -0.118. The molecule has 0 spiro atoms. The third kappa shape index (κ3) is 3.37. The molecule has 0 saturated heterocycles. The average molecular weight is 416 g/mol. The number of hydrogen-bond acceptors (Lipinski definition) is 3. The second-order valence-corrected chi connectivity index (χ2v) is 10.1. The highest BCUT2D eigenvalue weighted by atomic mass is 16.3. The molecule has 0 radical (unpaired) electrons. The van der Waals surface area contributed by atoms with Crippen LogP contribution in [0, 0.1) is 29.6 Å². The van der Waals surface area contributed by atoms with Crippen molar-refractivity contribution in [2.45, 2.75) is 63.4 Å². The quantitative estimate of drug-likeness (QED) is 0.690. The highest BCUT2D eigenvalue weighted by molar-refractivity contribution is 5.84. The Bertz CT molecular complexity index is 1020. The zero-order chi connectivity index (χ0) is 21.8. The van der Waals surface area contributed by atoms with Gasteiger partial charge in [-0.3, -0.25) is 4.79 Å². The molecule has 3 fully saturated rings. The molecule has 5 unspecified atom stereocenters. The number of benzene rings is 1. The summed E-state index contributed by atoms with van der Waals surface area (Å²) in [4.78, 5) is 14.3. The first-order chi connectivity index (χ1) is 14.9. The van der Waals surface area contributed by atoms with Crippen molar-refractivity contribution in [2.75, 3.05) is 19.0 Å². The van der Waals surface area contributed by atoms with Crippen molar-refractivity contribution in [3.05, 3.63) is 52.6 Å². The van der Waals surface area contributed by atoms with Crippen LogP contribution < -0.4 is 4.90 Å². The Labute approximate surface area is 186 Å². The Balaban J connectivity index is 1.61. The van der Waals surface area contributed by atoms with Crippen LogP contribution in [0.3, 0.4) is 0 Å². The summed E-state index contributed by atoms with van der Waals surface area (Å²) in [5.74, 6) is 8.06. The Kier molecular flexibility index (Phi) is 5.10. The molecule has 0 aliphatic heterocycles. The standard InChI is InChI=1S/C28H33NO2/c1-4-14-28(31)15-13-23-24-11-7-19-16-21(30)10-12-22(19)27(24)25(17-26(23)28)18-5-8-20(9-6-18)29(2)3/h5-9,23-26,31H,10-13,15-17H2,1-3H3. The molecule has 5 atom stereocenters. The van der Waals surface area contributed by atoms with Crippen LogP contribution in [-0.4, -0.2) is 30.6 Å². The third-order valence-corrected chi connectivity index (χ3v) is 8.32. The monoisotopic (exact) mass is 415 g/mol. The first-order valence-electron chi connectivity index (χ1n) is 11.8. The lowest BCUT2D eigenvalue weighted by atomic mass is 9.57. The lowest BCUT2D eigenvalue weighted by Gasteiger charge is -2.47. The molecular formula is C28H33NO2. The second-order valence-electron chi connectivity index (χ2n) is 10.1. The van der Waals surface area contributed by atoms with Gasteiger partial charge in [-0.2, -0.15) is 0 Å². The molecule has 0 aromatic heterocycles. The number of carbonyl (C=O) groups excluding carboxylic acids is 1. The smallest absolute Gasteiger partial charge is 0.137 e. The van der Waals surface area contributed by atoms with Crippen molar-refractivity contribution in [1.82, 2.24) is 0 Å². The number of aliphatic hydroxyl groups is 1. The van der Waals surface area contributed by atoms with Crippen LogP contribution in [-0.2, 0) is 4.79 Å². The predicted molar refractivity (Wildman–Crippen MR) is 125 cm³/mol. The molecule has 5 rings (SSSR count). The van der Waals surface area contributed by atoms with Gasteiger partial charge < -0.3 is 10.0 Å². The van der Waals surface area contributed by atoms with Crippen LogP contribution in [0.5, 0.6) is 0 Å². The Morgan fingerprint density at radius 1 is 1.16 bits per heavy atom. The maximum Gasteiger partial charge on any atom is 0.137 e. The van der Waals surface area contributed by atoms with Crippen molar-refractivity contribution in [3.63, 3.8) is 0 Å². The minimum atomic E-state index is -0.857. The number of hydrogen-bond donors (Lipinski definition) is 1. The van der Waals surface area contributed by atoms with Crippen molar-refractivity contribution in [1.29, 1.82) is 0 Å². The minimum Gasteiger partial charge on any atom is -0.378 e. The summed E-state index contributed by atoms with van der Waals surface area (Å²) in [6, 6.07) is 8.96. The average Bonchev–Trinajstić information content (AvgIpc) is 3.09. The fourth-order valence-electron chi connectivity index (χ4n) is 6.90. The van der Waals surface area contributed by atoms with Crippen LogP contribution in [0.15, 0.2) is 47.1 Å². The van der Waals surface area contributed by atoms with Gasteiger partial charge in [0.15, 0.2) is 0 Å². The molecule has 1 aromatic rings. The Morgan fingerprint density at radius 3 is 2.65 bits per heavy atom. The molecule has 31 heavy (non-hydrogen) atoms. The van der Waals surface area contributed by atoms with Crippen molar-refractivity contribution in [2.24, 2.45) is 17.8 Å². The SMILES string of the molecule is CC#CC1(O)CCC2C3CC=C4CC(=O)CCC4=C3C(c3ccc(N(C)C)cc3)CC21. The van der Waals surface area contributed by atoms with Gasteiger partial charge >= 0.3 is 0 Å². The molecule has 0 bridgehead atoms. The number of rotatable bonds is 2. The van der Waals surface area contributed by atoms with Gasteiger partial charge in [0.2, 0.25) is 0 Å². The lowest BCUT2D eigenvalue weighted by Crippen LogP contribution is -2.42. The molecule has 1 N–H and O–H groups in total. The van der Waals surface area contributed by atoms with Gasteiger partial charge in [0.05, 0.1) is 0 Å². The summed E-state index contributed by atoms with van der Waals surface area (Å²) in [7, 11) is 4.14. The van der Waals surface area contributed by atoms with Gasteiger partial charge in [-0.15, -0.1) is 5.92 Å². The summed E-state index contributed by atoms with van der Waals surface area (Å²) in [6.45, 7) is 1.84. The van der Waals surface area contributed by atoms with Gasteiger partial charge in [0.1, 0.15) is 11.4 Å². The largest absolute Gasteiger partial charge is 0.378 e. The van der Waals surface area contributed by atoms with Crippen LogP contribution in [0.2, 0.25) is 0 Å². The van der Waals surface area contributed by atoms with E-state index in [1.165, 1.54) is 22.4 Å². The van der Waals surface area contributed by atoms with E-state index < -0.39 is 5.60 Å². The summed E-state index contributed by atoms with van der Waals surface area (Å²) >= 11 is 0. The minimum absolute atomic E-state index is 0.216. The number of anilines is 1. The Hall–Kier alpha value is -2.31. The Morgan fingerprint density at radius 2 is 1.94 bits per heavy atom. The number of fused-ring (bicyclic) bond motifs is 4. The third-order valence-electron chi connectivity index (χ3n) is 8.32. The van der Waals surface area contributed by atoms with E-state index in [0.717, 1.165) is 32.1 Å². The number of nitrogens with zero attached hydrogens (tertiary/aromatic N) is 1. The predicted octanol–water partition coefficient (Wildman–Crippen LogP) is 5.02. The summed E-state index contributed by atoms with van der Waals surface area (Å²) < 4.78 is 0. The van der Waals surface area contributed by atoms with Gasteiger partial charge in [-0.1, -0.05) is 29.7 Å². The highest BCUT2D eigenvalue weighted by Gasteiger charge is 2.55. The van der Waals surface area contributed by atoms with Crippen LogP contribution in [0.25, 0.3) is 0 Å². The zero-order valence-electron chi connectivity index (χ0n) is 18.9. The first-order valence-corrected chi connectivity index (χ1v) is 11.8. The van der Waals surface area contributed by atoms with Gasteiger partial charge in [-0.25, -0.2) is 0 Å². The van der Waals surface area contributed by atoms with E-state index in [-0.39, 0.29) is 5.92 Å². The van der Waals surface area contributed by atoms with Crippen LogP contribution >= 0.6 is 0 Å². The van der Waals surface area contributed by atoms with Crippen LogP contribution in [0.4, 0.5) is 5.69 Å². The molecule has 4 aliphatic carbocycles. The molecule has 3 heteroatoms. The maximum atomic E-state index is 12.2. The van der Waals surface area contributed by atoms with E-state index in [4.69, 9.17) is 0 Å². The molecule has 0 amide bonds. The molecule has 162 valence electrons. The first kappa shape index (κ1) is 20.6. The molecule has 0 heterocycles. The molecular weight excluding hydrogens is 382 g/mol. The number of carbonyl (C=O) groups is 1. The normalized spacial score (nSPS) is 34.2. The number of allylic oxidation sites excluding steroid dienone is 4. The van der Waals surface area contributed by atoms with Crippen LogP contribution in [0.1, 0.15) is 63.4 Å². The summed E-state index contributed by atoms with van der Waals surface area (Å²) in [6.07, 6.45) is 8.30. The second kappa shape index (κ2) is 7.68. The topological polar surface area (TPSA) is 40.5 Å². The fraction of sp³-hybridized carbons (Fsp3) is 0.536. The highest BCUT2D eigenvalue weighted by Crippen LogP contribution is 2.60. The van der Waals surface area contributed by atoms with E-state index in [1.54, 1.807) is 5.57 Å². The van der Waals surface area contributed by atoms with E-state index >= 15 is 0 Å². The van der Waals surface area contributed by atoms with Gasteiger partial charge in [0, 0.05) is 44.5 Å². The molecule has 3 nitrogen and oxygen atoms in total. The van der Waals surface area contributed by atoms with Crippen molar-refractivity contribution < 1.29 is 9.90 Å². The van der Waals surface area contributed by atoms with Gasteiger partial charge in [-0.05, 0) is 79.7 Å². The number of ketones is 1. The molecule has 4 aliphatic rings. The zero-order valence-corrected chi connectivity index (χ0v) is 18.9. The molecule has 3 saturated carbocycles. The summed E-state index contributed by atoms with van der Waals surface area (Å²) in [5, 5.41) is 11.5. The van der Waals surface area contributed by atoms with Gasteiger partial charge in [0.25, 0.3) is 0 Å². The van der Waals surface area contributed by atoms with E-state index in [9.17, 15) is 9.90 Å². The van der Waals surface area contributed by atoms with E-state index in [0.29, 0.717) is 36.4 Å². The van der Waals surface area contributed by atoms with Crippen molar-refractivity contribution >= 4 is 11.5 Å².